The van der Waals surface area contributed by atoms with Gasteiger partial charge in [-0.15, -0.1) is 10.2 Å². The molecule has 8 heteroatoms. The highest BCUT2D eigenvalue weighted by molar-refractivity contribution is 7.99. The van der Waals surface area contributed by atoms with Crippen molar-refractivity contribution in [2.75, 3.05) is 5.75 Å². The Kier molecular flexibility index (Phi) is 5.94. The Hall–Kier alpha value is -3.00. The van der Waals surface area contributed by atoms with Crippen LogP contribution < -0.4 is 5.32 Å². The Morgan fingerprint density at radius 3 is 2.70 bits per heavy atom. The fraction of sp³-hybridized carbons (Fsp3) is 0.273. The fourth-order valence-electron chi connectivity index (χ4n) is 3.45. The summed E-state index contributed by atoms with van der Waals surface area (Å²) in [5.41, 5.74) is 3.50. The first-order valence-corrected chi connectivity index (χ1v) is 10.8. The zero-order valence-corrected chi connectivity index (χ0v) is 17.6. The number of carbonyl (C=O) groups excluding carboxylic acids is 1. The second-order valence-corrected chi connectivity index (χ2v) is 8.01. The number of nitrogens with one attached hydrogen (secondary N) is 1. The van der Waals surface area contributed by atoms with Gasteiger partial charge >= 0.3 is 0 Å². The van der Waals surface area contributed by atoms with Crippen LogP contribution in [0.1, 0.15) is 31.9 Å². The molecule has 1 unspecified atom stereocenters. The Morgan fingerprint density at radius 2 is 1.93 bits per heavy atom. The molecule has 0 radical (unpaired) electrons. The van der Waals surface area contributed by atoms with Crippen molar-refractivity contribution in [3.63, 3.8) is 0 Å². The van der Waals surface area contributed by atoms with Gasteiger partial charge in [0.15, 0.2) is 5.65 Å². The molecule has 0 saturated heterocycles. The monoisotopic (exact) mass is 423 g/mol. The van der Waals surface area contributed by atoms with Crippen LogP contribution in [0.5, 0.6) is 0 Å². The summed E-state index contributed by atoms with van der Waals surface area (Å²) in [4.78, 5) is 17.0. The van der Waals surface area contributed by atoms with Gasteiger partial charge in [0, 0.05) is 11.9 Å². The SMILES string of the molecule is CCCn1c2ccccc2c2nnc(SCC(=O)NC(C)c3ccc(F)cc3)nc21. The van der Waals surface area contributed by atoms with Gasteiger partial charge in [0.1, 0.15) is 11.3 Å². The van der Waals surface area contributed by atoms with Gasteiger partial charge in [-0.05, 0) is 37.1 Å². The second-order valence-electron chi connectivity index (χ2n) is 7.06. The van der Waals surface area contributed by atoms with Crippen molar-refractivity contribution in [2.24, 2.45) is 0 Å². The van der Waals surface area contributed by atoms with Crippen molar-refractivity contribution in [3.8, 4) is 0 Å². The van der Waals surface area contributed by atoms with E-state index < -0.39 is 0 Å². The Morgan fingerprint density at radius 1 is 1.17 bits per heavy atom. The number of aromatic nitrogens is 4. The minimum absolute atomic E-state index is 0.144. The average Bonchev–Trinajstić information content (AvgIpc) is 3.06. The lowest BCUT2D eigenvalue weighted by Crippen LogP contribution is -2.28. The molecule has 1 amide bonds. The van der Waals surface area contributed by atoms with E-state index in [9.17, 15) is 9.18 Å². The first-order chi connectivity index (χ1) is 14.6. The normalized spacial score (nSPS) is 12.4. The van der Waals surface area contributed by atoms with E-state index in [-0.39, 0.29) is 23.5 Å². The number of hydrogen-bond donors (Lipinski definition) is 1. The highest BCUT2D eigenvalue weighted by atomic mass is 32.2. The van der Waals surface area contributed by atoms with Gasteiger partial charge in [-0.1, -0.05) is 49.0 Å². The molecule has 0 saturated carbocycles. The molecule has 2 aromatic heterocycles. The molecule has 2 heterocycles. The van der Waals surface area contributed by atoms with Gasteiger partial charge in [0.05, 0.1) is 17.3 Å². The van der Waals surface area contributed by atoms with Crippen molar-refractivity contribution in [1.82, 2.24) is 25.1 Å². The van der Waals surface area contributed by atoms with Gasteiger partial charge in [-0.3, -0.25) is 4.79 Å². The minimum atomic E-state index is -0.298. The molecule has 0 spiro atoms. The van der Waals surface area contributed by atoms with Crippen molar-refractivity contribution < 1.29 is 9.18 Å². The van der Waals surface area contributed by atoms with E-state index in [1.807, 2.05) is 25.1 Å². The predicted molar refractivity (Wildman–Crippen MR) is 117 cm³/mol. The van der Waals surface area contributed by atoms with Crippen LogP contribution in [0.3, 0.4) is 0 Å². The van der Waals surface area contributed by atoms with Crippen LogP contribution in [0.4, 0.5) is 4.39 Å². The van der Waals surface area contributed by atoms with Crippen molar-refractivity contribution >= 4 is 39.7 Å². The van der Waals surface area contributed by atoms with Gasteiger partial charge < -0.3 is 9.88 Å². The van der Waals surface area contributed by atoms with Crippen LogP contribution in [0.25, 0.3) is 22.1 Å². The average molecular weight is 424 g/mol. The highest BCUT2D eigenvalue weighted by Crippen LogP contribution is 2.27. The minimum Gasteiger partial charge on any atom is -0.349 e. The number of benzene rings is 2. The first kappa shape index (κ1) is 20.3. The summed E-state index contributed by atoms with van der Waals surface area (Å²) in [6.45, 7) is 4.82. The van der Waals surface area contributed by atoms with Crippen LogP contribution >= 0.6 is 11.8 Å². The topological polar surface area (TPSA) is 72.7 Å². The second kappa shape index (κ2) is 8.79. The predicted octanol–water partition coefficient (Wildman–Crippen LogP) is 4.50. The number of carbonyl (C=O) groups is 1. The highest BCUT2D eigenvalue weighted by Gasteiger charge is 2.16. The van der Waals surface area contributed by atoms with E-state index >= 15 is 0 Å². The molecule has 4 rings (SSSR count). The molecule has 154 valence electrons. The zero-order valence-electron chi connectivity index (χ0n) is 16.8. The maximum atomic E-state index is 13.1. The number of nitrogens with zero attached hydrogens (tertiary/aromatic N) is 4. The van der Waals surface area contributed by atoms with Crippen LogP contribution in [-0.2, 0) is 11.3 Å². The number of para-hydroxylation sites is 1. The smallest absolute Gasteiger partial charge is 0.230 e. The quantitative estimate of drug-likeness (QED) is 0.443. The van der Waals surface area contributed by atoms with E-state index in [2.05, 4.69) is 38.1 Å². The number of amides is 1. The Labute approximate surface area is 177 Å². The molecule has 0 aliphatic rings. The van der Waals surface area contributed by atoms with Crippen LogP contribution in [0, 0.1) is 5.82 Å². The summed E-state index contributed by atoms with van der Waals surface area (Å²) >= 11 is 1.25. The number of halogens is 1. The lowest BCUT2D eigenvalue weighted by molar-refractivity contribution is -0.119. The summed E-state index contributed by atoms with van der Waals surface area (Å²) in [5, 5.41) is 13.0. The maximum absolute atomic E-state index is 13.1. The van der Waals surface area contributed by atoms with Gasteiger partial charge in [0.25, 0.3) is 0 Å². The molecule has 0 bridgehead atoms. The zero-order chi connectivity index (χ0) is 21.1. The molecule has 1 atom stereocenters. The standard InChI is InChI=1S/C22H22FN5OS/c1-3-12-28-18-7-5-4-6-17(18)20-21(28)25-22(27-26-20)30-13-19(29)24-14(2)15-8-10-16(23)11-9-15/h4-11,14H,3,12-13H2,1-2H3,(H,24,29). The molecule has 0 aliphatic heterocycles. The van der Waals surface area contributed by atoms with Crippen LogP contribution in [-0.4, -0.2) is 31.4 Å². The number of hydrogen-bond acceptors (Lipinski definition) is 5. The number of thioether (sulfide) groups is 1. The van der Waals surface area contributed by atoms with Crippen molar-refractivity contribution in [1.29, 1.82) is 0 Å². The van der Waals surface area contributed by atoms with Gasteiger partial charge in [-0.2, -0.15) is 0 Å². The lowest BCUT2D eigenvalue weighted by atomic mass is 10.1. The number of aryl methyl sites for hydroxylation is 1. The van der Waals surface area contributed by atoms with Crippen LogP contribution in [0.2, 0.25) is 0 Å². The van der Waals surface area contributed by atoms with E-state index in [0.717, 1.165) is 40.6 Å². The molecular formula is C22H22FN5OS. The molecule has 30 heavy (non-hydrogen) atoms. The third-order valence-corrected chi connectivity index (χ3v) is 5.72. The Bertz CT molecular complexity index is 1190. The van der Waals surface area contributed by atoms with Crippen LogP contribution in [0.15, 0.2) is 53.7 Å². The Balaban J connectivity index is 1.48. The fourth-order valence-corrected chi connectivity index (χ4v) is 4.04. The third kappa shape index (κ3) is 4.14. The number of rotatable bonds is 7. The maximum Gasteiger partial charge on any atom is 0.230 e. The van der Waals surface area contributed by atoms with Crippen molar-refractivity contribution in [2.45, 2.75) is 38.0 Å². The van der Waals surface area contributed by atoms with Gasteiger partial charge in [-0.25, -0.2) is 9.37 Å². The first-order valence-electron chi connectivity index (χ1n) is 9.86. The number of fused-ring (bicyclic) bond motifs is 3. The molecule has 0 fully saturated rings. The summed E-state index contributed by atoms with van der Waals surface area (Å²) in [5.74, 6) is -0.268. The molecule has 0 aliphatic carbocycles. The molecule has 4 aromatic rings. The van der Waals surface area contributed by atoms with E-state index in [1.165, 1.54) is 23.9 Å². The van der Waals surface area contributed by atoms with E-state index in [0.29, 0.717) is 5.16 Å². The third-order valence-electron chi connectivity index (χ3n) is 4.88. The summed E-state index contributed by atoms with van der Waals surface area (Å²) < 4.78 is 15.2. The molecule has 2 aromatic carbocycles. The van der Waals surface area contributed by atoms with E-state index in [1.54, 1.807) is 12.1 Å². The summed E-state index contributed by atoms with van der Waals surface area (Å²) in [7, 11) is 0. The molecule has 1 N–H and O–H groups in total. The largest absolute Gasteiger partial charge is 0.349 e. The summed E-state index contributed by atoms with van der Waals surface area (Å²) in [6, 6.07) is 14.0. The summed E-state index contributed by atoms with van der Waals surface area (Å²) in [6.07, 6.45) is 0.976. The van der Waals surface area contributed by atoms with Gasteiger partial charge in [0.2, 0.25) is 11.1 Å². The molecular weight excluding hydrogens is 401 g/mol. The van der Waals surface area contributed by atoms with E-state index in [4.69, 9.17) is 0 Å². The lowest BCUT2D eigenvalue weighted by Gasteiger charge is -2.14. The molecule has 6 nitrogen and oxygen atoms in total. The van der Waals surface area contributed by atoms with Crippen molar-refractivity contribution in [3.05, 3.63) is 59.9 Å².